The molecule has 0 saturated heterocycles. The molecule has 0 aromatic heterocycles. The van der Waals surface area contributed by atoms with Crippen molar-refractivity contribution in [2.45, 2.75) is 53.1 Å². The zero-order chi connectivity index (χ0) is 21.6. The van der Waals surface area contributed by atoms with Crippen molar-refractivity contribution in [1.29, 1.82) is 0 Å². The summed E-state index contributed by atoms with van der Waals surface area (Å²) in [6.07, 6.45) is 2.26. The third kappa shape index (κ3) is 8.40. The highest BCUT2D eigenvalue weighted by Crippen LogP contribution is 2.34. The predicted octanol–water partition coefficient (Wildman–Crippen LogP) is 3.28. The van der Waals surface area contributed by atoms with Crippen LogP contribution in [0.5, 0.6) is 17.2 Å². The second-order valence-corrected chi connectivity index (χ2v) is 6.93. The van der Waals surface area contributed by atoms with Gasteiger partial charge in [0.05, 0.1) is 27.9 Å². The number of aliphatic imine (C=N–C) groups is 1. The fourth-order valence-corrected chi connectivity index (χ4v) is 3.17. The van der Waals surface area contributed by atoms with Gasteiger partial charge in [-0.25, -0.2) is 4.99 Å². The maximum absolute atomic E-state index is 5.51. The first kappa shape index (κ1) is 24.9. The van der Waals surface area contributed by atoms with Gasteiger partial charge in [-0.1, -0.05) is 13.8 Å². The normalized spacial score (nSPS) is 12.6. The Kier molecular flexibility index (Phi) is 12.0. The Morgan fingerprint density at radius 3 is 2.17 bits per heavy atom. The molecule has 0 aliphatic carbocycles. The van der Waals surface area contributed by atoms with Crippen molar-refractivity contribution in [3.63, 3.8) is 0 Å². The molecule has 0 aliphatic heterocycles. The number of ether oxygens (including phenoxy) is 3. The van der Waals surface area contributed by atoms with Crippen molar-refractivity contribution in [1.82, 2.24) is 15.5 Å². The summed E-state index contributed by atoms with van der Waals surface area (Å²) in [6, 6.07) is 4.09. The Morgan fingerprint density at radius 2 is 1.62 bits per heavy atom. The number of methoxy groups -OCH3 is 3. The van der Waals surface area contributed by atoms with Crippen LogP contribution in [0.25, 0.3) is 0 Å². The summed E-state index contributed by atoms with van der Waals surface area (Å²) in [6.45, 7) is 13.3. The van der Waals surface area contributed by atoms with Gasteiger partial charge in [0.25, 0.3) is 0 Å². The summed E-state index contributed by atoms with van der Waals surface area (Å²) in [5.41, 5.74) is 0.941. The van der Waals surface area contributed by atoms with Crippen LogP contribution in [0.2, 0.25) is 0 Å². The molecule has 1 atom stereocenters. The van der Waals surface area contributed by atoms with Crippen LogP contribution in [0.4, 0.5) is 0 Å². The van der Waals surface area contributed by atoms with Crippen LogP contribution in [0, 0.1) is 0 Å². The minimum Gasteiger partial charge on any atom is -0.496 e. The Hall–Kier alpha value is -2.15. The van der Waals surface area contributed by atoms with Crippen molar-refractivity contribution in [3.8, 4) is 17.2 Å². The zero-order valence-electron chi connectivity index (χ0n) is 19.3. The minimum atomic E-state index is 0.343. The molecule has 1 aromatic rings. The van der Waals surface area contributed by atoms with Crippen LogP contribution in [-0.2, 0) is 6.54 Å². The van der Waals surface area contributed by atoms with E-state index in [1.807, 2.05) is 12.1 Å². The zero-order valence-corrected chi connectivity index (χ0v) is 19.3. The van der Waals surface area contributed by atoms with Gasteiger partial charge in [-0.15, -0.1) is 0 Å². The Bertz CT molecular complexity index is 618. The highest BCUT2D eigenvalue weighted by atomic mass is 16.5. The van der Waals surface area contributed by atoms with Gasteiger partial charge < -0.3 is 29.7 Å². The van der Waals surface area contributed by atoms with Crippen molar-refractivity contribution in [2.75, 3.05) is 47.5 Å². The van der Waals surface area contributed by atoms with Crippen LogP contribution in [-0.4, -0.2) is 64.4 Å². The molecule has 1 aromatic carbocycles. The van der Waals surface area contributed by atoms with Gasteiger partial charge in [0, 0.05) is 24.2 Å². The minimum absolute atomic E-state index is 0.343. The van der Waals surface area contributed by atoms with Gasteiger partial charge in [0.2, 0.25) is 0 Å². The second kappa shape index (κ2) is 13.9. The molecule has 0 amide bonds. The first-order valence-electron chi connectivity index (χ1n) is 10.6. The third-order valence-corrected chi connectivity index (χ3v) is 4.93. The molecule has 1 unspecified atom stereocenters. The Labute approximate surface area is 176 Å². The molecule has 0 bridgehead atoms. The van der Waals surface area contributed by atoms with Crippen LogP contribution in [0.15, 0.2) is 17.1 Å². The van der Waals surface area contributed by atoms with E-state index in [1.165, 1.54) is 6.42 Å². The molecule has 166 valence electrons. The number of hydrogen-bond acceptors (Lipinski definition) is 5. The fourth-order valence-electron chi connectivity index (χ4n) is 3.17. The predicted molar refractivity (Wildman–Crippen MR) is 121 cm³/mol. The lowest BCUT2D eigenvalue weighted by molar-refractivity contribution is 0.292. The van der Waals surface area contributed by atoms with Crippen LogP contribution < -0.4 is 24.8 Å². The molecular formula is C22H40N4O3. The maximum atomic E-state index is 5.51. The molecule has 0 aliphatic rings. The third-order valence-electron chi connectivity index (χ3n) is 4.93. The van der Waals surface area contributed by atoms with E-state index in [9.17, 15) is 0 Å². The fraction of sp³-hybridized carbons (Fsp3) is 0.682. The van der Waals surface area contributed by atoms with Crippen LogP contribution in [0.1, 0.15) is 46.1 Å². The number of nitrogens with one attached hydrogen (secondary N) is 2. The summed E-state index contributed by atoms with van der Waals surface area (Å²) in [4.78, 5) is 7.20. The highest BCUT2D eigenvalue weighted by Gasteiger charge is 2.12. The summed E-state index contributed by atoms with van der Waals surface area (Å²) in [5.74, 6) is 2.85. The monoisotopic (exact) mass is 408 g/mol. The number of nitrogens with zero attached hydrogens (tertiary/aromatic N) is 2. The SMILES string of the molecule is CCNC(=NCc1cc(OC)c(OC)cc1OC)NC(C)CCCN(CC)CC. The van der Waals surface area contributed by atoms with E-state index in [2.05, 4.69) is 43.2 Å². The highest BCUT2D eigenvalue weighted by molar-refractivity contribution is 5.80. The average molecular weight is 409 g/mol. The van der Waals surface area contributed by atoms with Crippen molar-refractivity contribution in [2.24, 2.45) is 4.99 Å². The number of benzene rings is 1. The van der Waals surface area contributed by atoms with Gasteiger partial charge in [-0.3, -0.25) is 0 Å². The van der Waals surface area contributed by atoms with Gasteiger partial charge >= 0.3 is 0 Å². The van der Waals surface area contributed by atoms with E-state index in [0.29, 0.717) is 24.1 Å². The molecule has 0 fully saturated rings. The molecule has 0 saturated carbocycles. The molecule has 0 radical (unpaired) electrons. The lowest BCUT2D eigenvalue weighted by Gasteiger charge is -2.21. The first-order chi connectivity index (χ1) is 14.0. The first-order valence-corrected chi connectivity index (χ1v) is 10.6. The smallest absolute Gasteiger partial charge is 0.191 e. The van der Waals surface area contributed by atoms with Crippen molar-refractivity contribution < 1.29 is 14.2 Å². The van der Waals surface area contributed by atoms with Crippen molar-refractivity contribution >= 4 is 5.96 Å². The summed E-state index contributed by atoms with van der Waals surface area (Å²) in [7, 11) is 4.89. The van der Waals surface area contributed by atoms with E-state index in [4.69, 9.17) is 19.2 Å². The Morgan fingerprint density at radius 1 is 1.00 bits per heavy atom. The molecule has 1 rings (SSSR count). The lowest BCUT2D eigenvalue weighted by Crippen LogP contribution is -2.42. The summed E-state index contributed by atoms with van der Waals surface area (Å²) >= 11 is 0. The van der Waals surface area contributed by atoms with Gasteiger partial charge in [-0.05, 0) is 52.4 Å². The number of hydrogen-bond donors (Lipinski definition) is 2. The maximum Gasteiger partial charge on any atom is 0.191 e. The molecule has 2 N–H and O–H groups in total. The van der Waals surface area contributed by atoms with Crippen LogP contribution in [0.3, 0.4) is 0 Å². The van der Waals surface area contributed by atoms with E-state index in [0.717, 1.165) is 49.9 Å². The van der Waals surface area contributed by atoms with Gasteiger partial charge in [0.15, 0.2) is 17.5 Å². The van der Waals surface area contributed by atoms with Crippen LogP contribution >= 0.6 is 0 Å². The molecule has 7 heteroatoms. The molecular weight excluding hydrogens is 368 g/mol. The van der Waals surface area contributed by atoms with E-state index < -0.39 is 0 Å². The topological polar surface area (TPSA) is 67.4 Å². The second-order valence-electron chi connectivity index (χ2n) is 6.93. The molecule has 7 nitrogen and oxygen atoms in total. The standard InChI is InChI=1S/C22H40N4O3/c1-8-23-22(25-17(4)12-11-13-26(9-2)10-3)24-16-18-14-20(28-6)21(29-7)15-19(18)27-5/h14-15,17H,8-13,16H2,1-7H3,(H2,23,24,25). The van der Waals surface area contributed by atoms with E-state index in [-0.39, 0.29) is 0 Å². The summed E-state index contributed by atoms with van der Waals surface area (Å²) in [5, 5.41) is 6.84. The summed E-state index contributed by atoms with van der Waals surface area (Å²) < 4.78 is 16.3. The van der Waals surface area contributed by atoms with Gasteiger partial charge in [0.1, 0.15) is 5.75 Å². The molecule has 29 heavy (non-hydrogen) atoms. The molecule has 0 heterocycles. The van der Waals surface area contributed by atoms with Crippen molar-refractivity contribution in [3.05, 3.63) is 17.7 Å². The largest absolute Gasteiger partial charge is 0.496 e. The van der Waals surface area contributed by atoms with E-state index in [1.54, 1.807) is 21.3 Å². The lowest BCUT2D eigenvalue weighted by atomic mass is 10.1. The van der Waals surface area contributed by atoms with E-state index >= 15 is 0 Å². The quantitative estimate of drug-likeness (QED) is 0.386. The Balaban J connectivity index is 2.78. The average Bonchev–Trinajstić information content (AvgIpc) is 2.74. The molecule has 0 spiro atoms. The number of rotatable bonds is 13. The van der Waals surface area contributed by atoms with Gasteiger partial charge in [-0.2, -0.15) is 0 Å². The number of guanidine groups is 1.